The molecular formula is C24H32N4O4. The van der Waals surface area contributed by atoms with Crippen molar-refractivity contribution in [3.63, 3.8) is 0 Å². The topological polar surface area (TPSA) is 87.8 Å². The Morgan fingerprint density at radius 3 is 2.69 bits per heavy atom. The van der Waals surface area contributed by atoms with Gasteiger partial charge in [-0.3, -0.25) is 14.6 Å². The van der Waals surface area contributed by atoms with Gasteiger partial charge in [-0.2, -0.15) is 0 Å². The van der Waals surface area contributed by atoms with Crippen molar-refractivity contribution < 1.29 is 14.3 Å². The molecule has 1 aromatic heterocycles. The van der Waals surface area contributed by atoms with Gasteiger partial charge in [-0.1, -0.05) is 30.3 Å². The maximum Gasteiger partial charge on any atom is 0.255 e. The van der Waals surface area contributed by atoms with E-state index in [9.17, 15) is 9.59 Å². The Bertz CT molecular complexity index is 950. The van der Waals surface area contributed by atoms with E-state index in [4.69, 9.17) is 9.47 Å². The number of amides is 1. The summed E-state index contributed by atoms with van der Waals surface area (Å²) in [6.45, 7) is 6.39. The van der Waals surface area contributed by atoms with Crippen LogP contribution in [0.3, 0.4) is 0 Å². The lowest BCUT2D eigenvalue weighted by atomic mass is 10.1. The van der Waals surface area contributed by atoms with E-state index in [0.29, 0.717) is 63.0 Å². The first-order valence-corrected chi connectivity index (χ1v) is 11.5. The summed E-state index contributed by atoms with van der Waals surface area (Å²) in [6, 6.07) is 9.99. The maximum atomic E-state index is 13.2. The third-order valence-electron chi connectivity index (χ3n) is 6.13. The predicted octanol–water partition coefficient (Wildman–Crippen LogP) is 2.06. The average Bonchev–Trinajstić information content (AvgIpc) is 3.32. The van der Waals surface area contributed by atoms with Crippen LogP contribution in [0.2, 0.25) is 0 Å². The minimum absolute atomic E-state index is 0.0282. The monoisotopic (exact) mass is 440 g/mol. The molecule has 0 saturated carbocycles. The van der Waals surface area contributed by atoms with Crippen molar-refractivity contribution in [2.75, 3.05) is 44.4 Å². The molecule has 2 aliphatic heterocycles. The quantitative estimate of drug-likeness (QED) is 0.676. The summed E-state index contributed by atoms with van der Waals surface area (Å²) in [4.78, 5) is 37.3. The van der Waals surface area contributed by atoms with Crippen LogP contribution in [0.1, 0.15) is 36.1 Å². The van der Waals surface area contributed by atoms with E-state index in [-0.39, 0.29) is 24.0 Å². The molecule has 8 nitrogen and oxygen atoms in total. The first kappa shape index (κ1) is 22.5. The number of benzene rings is 1. The molecule has 32 heavy (non-hydrogen) atoms. The summed E-state index contributed by atoms with van der Waals surface area (Å²) in [7, 11) is 0. The number of rotatable bonds is 8. The summed E-state index contributed by atoms with van der Waals surface area (Å²) in [6.07, 6.45) is 2.73. The van der Waals surface area contributed by atoms with Gasteiger partial charge < -0.3 is 19.3 Å². The number of aryl methyl sites for hydroxylation is 1. The van der Waals surface area contributed by atoms with E-state index < -0.39 is 0 Å². The summed E-state index contributed by atoms with van der Waals surface area (Å²) in [5.41, 5.74) is 2.17. The largest absolute Gasteiger partial charge is 0.378 e. The molecule has 2 aliphatic rings. The van der Waals surface area contributed by atoms with E-state index >= 15 is 0 Å². The molecule has 0 spiro atoms. The smallest absolute Gasteiger partial charge is 0.255 e. The number of aromatic amines is 1. The van der Waals surface area contributed by atoms with Gasteiger partial charge in [0.05, 0.1) is 19.3 Å². The maximum absolute atomic E-state index is 13.2. The molecule has 172 valence electrons. The first-order chi connectivity index (χ1) is 15.6. The molecule has 2 saturated heterocycles. The van der Waals surface area contributed by atoms with Crippen molar-refractivity contribution >= 4 is 11.9 Å². The highest BCUT2D eigenvalue weighted by atomic mass is 16.5. The highest BCUT2D eigenvalue weighted by molar-refractivity contribution is 5.76. The number of ether oxygens (including phenoxy) is 2. The summed E-state index contributed by atoms with van der Waals surface area (Å²) >= 11 is 0. The molecule has 1 N–H and O–H groups in total. The summed E-state index contributed by atoms with van der Waals surface area (Å²) in [5, 5.41) is 0. The molecule has 2 aromatic rings. The van der Waals surface area contributed by atoms with Gasteiger partial charge in [-0.25, -0.2) is 4.98 Å². The van der Waals surface area contributed by atoms with Crippen LogP contribution in [-0.2, 0) is 27.2 Å². The van der Waals surface area contributed by atoms with Crippen LogP contribution in [-0.4, -0.2) is 66.3 Å². The highest BCUT2D eigenvalue weighted by Crippen LogP contribution is 2.17. The number of morpholine rings is 1. The Morgan fingerprint density at radius 1 is 1.22 bits per heavy atom. The van der Waals surface area contributed by atoms with Crippen LogP contribution in [0, 0.1) is 6.92 Å². The molecule has 8 heteroatoms. The fourth-order valence-corrected chi connectivity index (χ4v) is 4.30. The lowest BCUT2D eigenvalue weighted by molar-refractivity contribution is -0.133. The summed E-state index contributed by atoms with van der Waals surface area (Å²) < 4.78 is 11.1. The fraction of sp³-hybridized carbons (Fsp3) is 0.542. The Hall–Kier alpha value is -2.71. The van der Waals surface area contributed by atoms with Crippen LogP contribution in [0.25, 0.3) is 0 Å². The third kappa shape index (κ3) is 5.75. The SMILES string of the molecule is Cc1nc(N2CCOCC2)[nH]c(=O)c1CCC(=O)N(Cc1ccccc1)C[C@H]1CCCO1. The van der Waals surface area contributed by atoms with Gasteiger partial charge in [-0.15, -0.1) is 0 Å². The molecular weight excluding hydrogens is 408 g/mol. The van der Waals surface area contributed by atoms with Crippen molar-refractivity contribution in [3.8, 4) is 0 Å². The Morgan fingerprint density at radius 2 is 2.00 bits per heavy atom. The minimum Gasteiger partial charge on any atom is -0.378 e. The number of carbonyl (C=O) groups excluding carboxylic acids is 1. The fourth-order valence-electron chi connectivity index (χ4n) is 4.30. The van der Waals surface area contributed by atoms with Gasteiger partial charge in [0.2, 0.25) is 11.9 Å². The molecule has 1 aromatic carbocycles. The van der Waals surface area contributed by atoms with Gasteiger partial charge in [0.1, 0.15) is 0 Å². The molecule has 0 aliphatic carbocycles. The van der Waals surface area contributed by atoms with E-state index in [1.165, 1.54) is 0 Å². The van der Waals surface area contributed by atoms with E-state index in [2.05, 4.69) is 9.97 Å². The van der Waals surface area contributed by atoms with Crippen molar-refractivity contribution in [1.29, 1.82) is 0 Å². The lowest BCUT2D eigenvalue weighted by Gasteiger charge is -2.27. The second kappa shape index (κ2) is 10.7. The van der Waals surface area contributed by atoms with Crippen LogP contribution in [0.15, 0.2) is 35.1 Å². The first-order valence-electron chi connectivity index (χ1n) is 11.5. The van der Waals surface area contributed by atoms with Gasteiger partial charge in [0.25, 0.3) is 5.56 Å². The Labute approximate surface area is 188 Å². The number of H-pyrrole nitrogens is 1. The number of hydrogen-bond donors (Lipinski definition) is 1. The average molecular weight is 441 g/mol. The number of nitrogens with one attached hydrogen (secondary N) is 1. The zero-order chi connectivity index (χ0) is 22.3. The normalized spacial score (nSPS) is 18.7. The van der Waals surface area contributed by atoms with Crippen molar-refractivity contribution in [3.05, 3.63) is 57.5 Å². The van der Waals surface area contributed by atoms with Crippen molar-refractivity contribution in [1.82, 2.24) is 14.9 Å². The number of nitrogens with zero attached hydrogens (tertiary/aromatic N) is 3. The molecule has 1 atom stereocenters. The number of anilines is 1. The second-order valence-corrected chi connectivity index (χ2v) is 8.45. The van der Waals surface area contributed by atoms with E-state index in [1.54, 1.807) is 0 Å². The molecule has 3 heterocycles. The van der Waals surface area contributed by atoms with Crippen LogP contribution < -0.4 is 10.5 Å². The van der Waals surface area contributed by atoms with Crippen LogP contribution in [0.5, 0.6) is 0 Å². The highest BCUT2D eigenvalue weighted by Gasteiger charge is 2.23. The molecule has 0 unspecified atom stereocenters. The van der Waals surface area contributed by atoms with E-state index in [1.807, 2.05) is 47.1 Å². The van der Waals surface area contributed by atoms with Crippen molar-refractivity contribution in [2.24, 2.45) is 0 Å². The number of carbonyl (C=O) groups is 1. The molecule has 0 radical (unpaired) electrons. The van der Waals surface area contributed by atoms with Gasteiger partial charge in [0.15, 0.2) is 0 Å². The molecule has 0 bridgehead atoms. The summed E-state index contributed by atoms with van der Waals surface area (Å²) in [5.74, 6) is 0.607. The Balaban J connectivity index is 1.43. The van der Waals surface area contributed by atoms with Crippen LogP contribution >= 0.6 is 0 Å². The lowest BCUT2D eigenvalue weighted by Crippen LogP contribution is -2.39. The second-order valence-electron chi connectivity index (χ2n) is 8.45. The standard InChI is InChI=1S/C24H32N4O4/c1-18-21(23(30)26-24(25-18)27-11-14-31-15-12-27)9-10-22(29)28(17-20-8-5-13-32-20)16-19-6-3-2-4-7-19/h2-4,6-7,20H,5,8-17H2,1H3,(H,25,26,30)/t20-/m1/s1. The number of aromatic nitrogens is 2. The van der Waals surface area contributed by atoms with Gasteiger partial charge >= 0.3 is 0 Å². The molecule has 1 amide bonds. The van der Waals surface area contributed by atoms with Gasteiger partial charge in [0, 0.05) is 50.5 Å². The molecule has 2 fully saturated rings. The van der Waals surface area contributed by atoms with Crippen LogP contribution in [0.4, 0.5) is 5.95 Å². The van der Waals surface area contributed by atoms with E-state index in [0.717, 1.165) is 25.0 Å². The van der Waals surface area contributed by atoms with Crippen molar-refractivity contribution in [2.45, 2.75) is 45.3 Å². The van der Waals surface area contributed by atoms with Gasteiger partial charge in [-0.05, 0) is 31.7 Å². The Kier molecular flexibility index (Phi) is 7.55. The molecule has 4 rings (SSSR count). The zero-order valence-corrected chi connectivity index (χ0v) is 18.7. The minimum atomic E-state index is -0.166. The predicted molar refractivity (Wildman–Crippen MR) is 122 cm³/mol. The number of hydrogen-bond acceptors (Lipinski definition) is 6. The third-order valence-corrected chi connectivity index (χ3v) is 6.13. The zero-order valence-electron chi connectivity index (χ0n) is 18.7.